The number of aryl methyl sites for hydroxylation is 1. The second kappa shape index (κ2) is 8.79. The van der Waals surface area contributed by atoms with E-state index in [-0.39, 0.29) is 0 Å². The molecule has 168 valence electrons. The van der Waals surface area contributed by atoms with Gasteiger partial charge in [-0.25, -0.2) is 9.55 Å². The molecule has 0 aliphatic carbocycles. The van der Waals surface area contributed by atoms with Crippen LogP contribution in [0.4, 0.5) is 0 Å². The monoisotopic (exact) mass is 445 g/mol. The van der Waals surface area contributed by atoms with E-state index in [1.165, 1.54) is 41.6 Å². The highest BCUT2D eigenvalue weighted by molar-refractivity contribution is 5.89. The van der Waals surface area contributed by atoms with Crippen LogP contribution in [0.5, 0.6) is 0 Å². The molecule has 0 atom stereocenters. The Morgan fingerprint density at radius 2 is 1.29 bits per heavy atom. The Bertz CT molecular complexity index is 1580. The van der Waals surface area contributed by atoms with E-state index in [9.17, 15) is 0 Å². The van der Waals surface area contributed by atoms with Crippen LogP contribution in [0, 0.1) is 0 Å². The molecule has 0 spiro atoms. The Morgan fingerprint density at radius 3 is 1.97 bits per heavy atom. The van der Waals surface area contributed by atoms with Gasteiger partial charge in [0.05, 0.1) is 24.0 Å². The van der Waals surface area contributed by atoms with Crippen LogP contribution in [-0.2, 0) is 6.54 Å². The van der Waals surface area contributed by atoms with Crippen molar-refractivity contribution in [2.45, 2.75) is 39.2 Å². The standard InChI is InChI=1S/C30H29N4/c1-2-3-4-13-20-32-22-28(24-16-9-6-10-17-24)34-26-19-12-11-18-25(26)33-27(21-31-29(33)30(32)34)23-14-7-5-8-15-23/h5-12,14-19,21-22H,2-4,13,20H2,1H3/q+1. The zero-order valence-corrected chi connectivity index (χ0v) is 19.6. The van der Waals surface area contributed by atoms with Crippen molar-refractivity contribution in [2.24, 2.45) is 0 Å². The van der Waals surface area contributed by atoms with Crippen LogP contribution in [0.15, 0.2) is 97.3 Å². The highest BCUT2D eigenvalue weighted by Crippen LogP contribution is 2.31. The van der Waals surface area contributed by atoms with Crippen molar-refractivity contribution < 1.29 is 4.57 Å². The molecule has 0 N–H and O–H groups in total. The van der Waals surface area contributed by atoms with Crippen LogP contribution in [0.2, 0.25) is 0 Å². The lowest BCUT2D eigenvalue weighted by atomic mass is 10.1. The minimum Gasteiger partial charge on any atom is -0.282 e. The largest absolute Gasteiger partial charge is 0.331 e. The van der Waals surface area contributed by atoms with Gasteiger partial charge in [0, 0.05) is 11.1 Å². The van der Waals surface area contributed by atoms with Gasteiger partial charge >= 0.3 is 5.65 Å². The van der Waals surface area contributed by atoms with E-state index >= 15 is 0 Å². The number of para-hydroxylation sites is 2. The number of fused-ring (bicyclic) bond motifs is 6. The van der Waals surface area contributed by atoms with Crippen LogP contribution >= 0.6 is 0 Å². The predicted octanol–water partition coefficient (Wildman–Crippen LogP) is 6.94. The van der Waals surface area contributed by atoms with Crippen molar-refractivity contribution in [3.8, 4) is 22.5 Å². The van der Waals surface area contributed by atoms with E-state index < -0.39 is 0 Å². The molecule has 4 nitrogen and oxygen atoms in total. The third kappa shape index (κ3) is 3.38. The second-order valence-corrected chi connectivity index (χ2v) is 8.95. The first-order chi connectivity index (χ1) is 16.9. The van der Waals surface area contributed by atoms with Gasteiger partial charge in [-0.2, -0.15) is 4.40 Å². The molecule has 0 aliphatic heterocycles. The lowest BCUT2D eigenvalue weighted by Crippen LogP contribution is -2.33. The molecule has 0 saturated carbocycles. The Balaban J connectivity index is 1.70. The van der Waals surface area contributed by atoms with Gasteiger partial charge in [-0.05, 0) is 25.0 Å². The van der Waals surface area contributed by atoms with Gasteiger partial charge in [-0.15, -0.1) is 0 Å². The predicted molar refractivity (Wildman–Crippen MR) is 139 cm³/mol. The summed E-state index contributed by atoms with van der Waals surface area (Å²) in [5, 5.41) is 0. The average molecular weight is 446 g/mol. The summed E-state index contributed by atoms with van der Waals surface area (Å²) in [5.74, 6) is 0. The van der Waals surface area contributed by atoms with Crippen LogP contribution in [-0.4, -0.2) is 13.8 Å². The van der Waals surface area contributed by atoms with E-state index in [0.717, 1.165) is 35.5 Å². The summed E-state index contributed by atoms with van der Waals surface area (Å²) in [4.78, 5) is 5.01. The molecule has 3 heterocycles. The van der Waals surface area contributed by atoms with E-state index in [1.807, 2.05) is 6.20 Å². The molecule has 6 rings (SSSR count). The molecular weight excluding hydrogens is 416 g/mol. The van der Waals surface area contributed by atoms with E-state index in [0.29, 0.717) is 0 Å². The fourth-order valence-electron chi connectivity index (χ4n) is 5.08. The number of rotatable bonds is 7. The van der Waals surface area contributed by atoms with E-state index in [2.05, 4.69) is 111 Å². The quantitative estimate of drug-likeness (QED) is 0.193. The van der Waals surface area contributed by atoms with Crippen LogP contribution in [0.25, 0.3) is 44.8 Å². The fraction of sp³-hybridized carbons (Fsp3) is 0.200. The van der Waals surface area contributed by atoms with Crippen molar-refractivity contribution in [1.29, 1.82) is 0 Å². The maximum atomic E-state index is 5.01. The second-order valence-electron chi connectivity index (χ2n) is 8.95. The number of unbranched alkanes of at least 4 members (excludes halogenated alkanes) is 3. The summed E-state index contributed by atoms with van der Waals surface area (Å²) in [5.41, 5.74) is 9.21. The van der Waals surface area contributed by atoms with Gasteiger partial charge in [-0.3, -0.25) is 4.40 Å². The Kier molecular flexibility index (Phi) is 5.34. The highest BCUT2D eigenvalue weighted by atomic mass is 15.2. The normalized spacial score (nSPS) is 11.7. The van der Waals surface area contributed by atoms with Gasteiger partial charge in [0.25, 0.3) is 0 Å². The SMILES string of the molecule is CCCCCC[n+]1cc(-c2ccccc2)n2c3ccccc3n3c(-c4ccccc4)cnc3c21. The smallest absolute Gasteiger partial charge is 0.282 e. The molecule has 0 unspecified atom stereocenters. The first-order valence-corrected chi connectivity index (χ1v) is 12.3. The maximum Gasteiger partial charge on any atom is 0.331 e. The first kappa shape index (κ1) is 20.7. The number of benzene rings is 3. The maximum absolute atomic E-state index is 5.01. The van der Waals surface area contributed by atoms with Crippen molar-refractivity contribution in [3.63, 3.8) is 0 Å². The van der Waals surface area contributed by atoms with Crippen LogP contribution in [0.1, 0.15) is 32.6 Å². The summed E-state index contributed by atoms with van der Waals surface area (Å²) in [6, 6.07) is 30.0. The minimum atomic E-state index is 0.984. The van der Waals surface area contributed by atoms with Gasteiger partial charge in [0.15, 0.2) is 11.2 Å². The van der Waals surface area contributed by atoms with Crippen molar-refractivity contribution in [2.75, 3.05) is 0 Å². The minimum absolute atomic E-state index is 0.984. The molecule has 3 aromatic carbocycles. The molecule has 0 fully saturated rings. The zero-order valence-electron chi connectivity index (χ0n) is 19.6. The number of hydrogen-bond acceptors (Lipinski definition) is 1. The summed E-state index contributed by atoms with van der Waals surface area (Å²) in [6.07, 6.45) is 9.27. The van der Waals surface area contributed by atoms with Gasteiger partial charge in [0.1, 0.15) is 6.20 Å². The molecule has 0 aliphatic rings. The van der Waals surface area contributed by atoms with Gasteiger partial charge in [0.2, 0.25) is 5.65 Å². The molecule has 34 heavy (non-hydrogen) atoms. The number of aromatic nitrogens is 4. The van der Waals surface area contributed by atoms with Crippen molar-refractivity contribution >= 4 is 22.3 Å². The first-order valence-electron chi connectivity index (χ1n) is 12.3. The highest BCUT2D eigenvalue weighted by Gasteiger charge is 2.27. The Hall–Kier alpha value is -3.92. The average Bonchev–Trinajstić information content (AvgIpc) is 3.50. The summed E-state index contributed by atoms with van der Waals surface area (Å²) >= 11 is 0. The third-order valence-corrected chi connectivity index (χ3v) is 6.72. The molecule has 0 saturated heterocycles. The zero-order chi connectivity index (χ0) is 22.9. The fourth-order valence-corrected chi connectivity index (χ4v) is 5.08. The molecule has 0 radical (unpaired) electrons. The van der Waals surface area contributed by atoms with E-state index in [1.54, 1.807) is 0 Å². The summed E-state index contributed by atoms with van der Waals surface area (Å²) in [6.45, 7) is 3.25. The molecule has 0 amide bonds. The van der Waals surface area contributed by atoms with Crippen molar-refractivity contribution in [1.82, 2.24) is 13.8 Å². The number of imidazole rings is 2. The molecule has 6 aromatic rings. The summed E-state index contributed by atoms with van der Waals surface area (Å²) < 4.78 is 7.15. The molecular formula is C30H29N4+. The third-order valence-electron chi connectivity index (χ3n) is 6.72. The number of nitrogens with zero attached hydrogens (tertiary/aromatic N) is 4. The molecule has 4 heteroatoms. The molecule has 0 bridgehead atoms. The Morgan fingerprint density at radius 1 is 0.676 bits per heavy atom. The van der Waals surface area contributed by atoms with Crippen molar-refractivity contribution in [3.05, 3.63) is 97.3 Å². The van der Waals surface area contributed by atoms with Crippen LogP contribution in [0.3, 0.4) is 0 Å². The number of hydrogen-bond donors (Lipinski definition) is 0. The molecule has 3 aromatic heterocycles. The summed E-state index contributed by atoms with van der Waals surface area (Å²) in [7, 11) is 0. The van der Waals surface area contributed by atoms with E-state index in [4.69, 9.17) is 4.98 Å². The lowest BCUT2D eigenvalue weighted by Gasteiger charge is -2.08. The van der Waals surface area contributed by atoms with Gasteiger partial charge < -0.3 is 0 Å². The van der Waals surface area contributed by atoms with Crippen LogP contribution < -0.4 is 4.57 Å². The topological polar surface area (TPSA) is 25.6 Å². The van der Waals surface area contributed by atoms with Gasteiger partial charge in [-0.1, -0.05) is 92.6 Å². The lowest BCUT2D eigenvalue weighted by molar-refractivity contribution is -0.670. The Labute approximate surface area is 199 Å².